The molecule has 28 heavy (non-hydrogen) atoms. The minimum atomic E-state index is 0.119. The number of hydrogen-bond donors (Lipinski definition) is 0. The van der Waals surface area contributed by atoms with Crippen molar-refractivity contribution >= 4 is 11.4 Å². The minimum Gasteiger partial charge on any atom is -0.378 e. The molecule has 0 aromatic heterocycles. The van der Waals surface area contributed by atoms with Gasteiger partial charge in [-0.2, -0.15) is 0 Å². The molecule has 0 spiro atoms. The van der Waals surface area contributed by atoms with Crippen molar-refractivity contribution in [2.45, 2.75) is 0 Å². The van der Waals surface area contributed by atoms with Crippen LogP contribution in [-0.2, 0) is 9.47 Å². The second-order valence-corrected chi connectivity index (χ2v) is 6.59. The lowest BCUT2D eigenvalue weighted by Gasteiger charge is -2.28. The normalized spacial score (nSPS) is 17.3. The summed E-state index contributed by atoms with van der Waals surface area (Å²) in [6.07, 6.45) is 0. The summed E-state index contributed by atoms with van der Waals surface area (Å²) in [7, 11) is 0. The molecule has 0 atom stereocenters. The van der Waals surface area contributed by atoms with E-state index in [0.29, 0.717) is 11.5 Å². The van der Waals surface area contributed by atoms with Crippen molar-refractivity contribution in [2.24, 2.45) is 0 Å². The van der Waals surface area contributed by atoms with E-state index < -0.39 is 0 Å². The molecule has 0 unspecified atom stereocenters. The zero-order valence-corrected chi connectivity index (χ0v) is 15.7. The summed E-state index contributed by atoms with van der Waals surface area (Å²) in [6.45, 7) is 6.34. The van der Waals surface area contributed by atoms with Crippen LogP contribution in [0.2, 0.25) is 0 Å². The van der Waals surface area contributed by atoms with Crippen LogP contribution in [0.15, 0.2) is 48.5 Å². The lowest BCUT2D eigenvalue weighted by atomic mass is 10.2. The minimum absolute atomic E-state index is 0.119. The zero-order chi connectivity index (χ0) is 19.2. The highest BCUT2D eigenvalue weighted by Gasteiger charge is 2.18. The monoisotopic (exact) mass is 386 g/mol. The Hall–Kier alpha value is -2.84. The fourth-order valence-electron chi connectivity index (χ4n) is 3.27. The van der Waals surface area contributed by atoms with Crippen molar-refractivity contribution in [3.05, 3.63) is 53.4 Å². The summed E-state index contributed by atoms with van der Waals surface area (Å²) in [5.41, 5.74) is 2.15. The van der Waals surface area contributed by atoms with Crippen molar-refractivity contribution in [3.63, 3.8) is 0 Å². The molecule has 2 aromatic carbocycles. The molecule has 0 saturated carbocycles. The van der Waals surface area contributed by atoms with Crippen molar-refractivity contribution in [2.75, 3.05) is 62.4 Å². The quantitative estimate of drug-likeness (QED) is 0.707. The number of ether oxygens (including phenoxy) is 2. The van der Waals surface area contributed by atoms with E-state index >= 15 is 0 Å². The summed E-state index contributed by atoms with van der Waals surface area (Å²) in [4.78, 5) is 26.8. The Morgan fingerprint density at radius 3 is 1.36 bits per heavy atom. The molecule has 2 saturated heterocycles. The summed E-state index contributed by atoms with van der Waals surface area (Å²) >= 11 is 0. The lowest BCUT2D eigenvalue weighted by molar-refractivity contribution is -0.920. The molecule has 8 nitrogen and oxygen atoms in total. The van der Waals surface area contributed by atoms with Crippen LogP contribution in [-0.4, -0.2) is 57.7 Å². The summed E-state index contributed by atoms with van der Waals surface area (Å²) in [6, 6.07) is 14.7. The fraction of sp³-hybridized carbons (Fsp3) is 0.400. The molecule has 0 amide bonds. The van der Waals surface area contributed by atoms with Gasteiger partial charge in [0.15, 0.2) is 0 Å². The van der Waals surface area contributed by atoms with Crippen LogP contribution >= 0.6 is 0 Å². The second-order valence-electron chi connectivity index (χ2n) is 6.59. The van der Waals surface area contributed by atoms with Gasteiger partial charge in [0.1, 0.15) is 4.91 Å². The number of nitrogens with zero attached hydrogens (tertiary/aromatic N) is 3. The van der Waals surface area contributed by atoms with Crippen molar-refractivity contribution in [3.8, 4) is 11.5 Å². The van der Waals surface area contributed by atoms with Gasteiger partial charge in [-0.05, 0) is 48.5 Å². The van der Waals surface area contributed by atoms with Gasteiger partial charge >= 0.3 is 5.09 Å². The average Bonchev–Trinajstić information content (AvgIpc) is 2.76. The van der Waals surface area contributed by atoms with Crippen molar-refractivity contribution < 1.29 is 24.2 Å². The van der Waals surface area contributed by atoms with E-state index in [-0.39, 0.29) is 5.09 Å². The standard InChI is InChI=1S/C20H24N3O5/c24-23(27-19-5-1-17(2-6-19)21-9-13-25-14-10-21)28-20-7-3-18(4-8-20)22-11-15-26-16-12-22/h1-8H,9-16H2/q+1. The number of anilines is 2. The number of hydrogen-bond acceptors (Lipinski definition) is 7. The van der Waals surface area contributed by atoms with Gasteiger partial charge < -0.3 is 19.3 Å². The molecule has 2 aromatic rings. The molecule has 2 fully saturated rings. The summed E-state index contributed by atoms with van der Waals surface area (Å²) in [5, 5.41) is 0.119. The Morgan fingerprint density at radius 1 is 0.643 bits per heavy atom. The van der Waals surface area contributed by atoms with Gasteiger partial charge in [-0.25, -0.2) is 0 Å². The van der Waals surface area contributed by atoms with E-state index in [2.05, 4.69) is 9.80 Å². The second kappa shape index (κ2) is 8.90. The van der Waals surface area contributed by atoms with Crippen LogP contribution < -0.4 is 19.5 Å². The van der Waals surface area contributed by atoms with Gasteiger partial charge in [-0.3, -0.25) is 0 Å². The first kappa shape index (κ1) is 18.5. The first-order chi connectivity index (χ1) is 13.8. The first-order valence-electron chi connectivity index (χ1n) is 9.47. The largest absolute Gasteiger partial charge is 0.489 e. The third-order valence-corrected chi connectivity index (χ3v) is 4.79. The van der Waals surface area contributed by atoms with Gasteiger partial charge in [-0.15, -0.1) is 9.68 Å². The van der Waals surface area contributed by atoms with Crippen molar-refractivity contribution in [1.82, 2.24) is 0 Å². The third-order valence-electron chi connectivity index (χ3n) is 4.79. The van der Waals surface area contributed by atoms with Gasteiger partial charge in [0.25, 0.3) is 0 Å². The Kier molecular flexibility index (Phi) is 5.89. The molecule has 4 rings (SSSR count). The van der Waals surface area contributed by atoms with E-state index in [9.17, 15) is 4.91 Å². The van der Waals surface area contributed by atoms with Gasteiger partial charge in [0.2, 0.25) is 11.5 Å². The molecule has 148 valence electrons. The topological polar surface area (TPSA) is 63.5 Å². The maximum Gasteiger partial charge on any atom is 0.489 e. The van der Waals surface area contributed by atoms with Crippen LogP contribution in [0.5, 0.6) is 11.5 Å². The smallest absolute Gasteiger partial charge is 0.378 e. The number of morpholine rings is 2. The van der Waals surface area contributed by atoms with E-state index in [1.165, 1.54) is 0 Å². The van der Waals surface area contributed by atoms with Crippen LogP contribution in [0.3, 0.4) is 0 Å². The predicted molar refractivity (Wildman–Crippen MR) is 104 cm³/mol. The van der Waals surface area contributed by atoms with Gasteiger partial charge in [0.05, 0.1) is 26.4 Å². The molecule has 2 heterocycles. The predicted octanol–water partition coefficient (Wildman–Crippen LogP) is 2.43. The highest BCUT2D eigenvalue weighted by molar-refractivity contribution is 5.50. The van der Waals surface area contributed by atoms with Gasteiger partial charge in [-0.1, -0.05) is 0 Å². The highest BCUT2D eigenvalue weighted by Crippen LogP contribution is 2.22. The molecule has 0 bridgehead atoms. The van der Waals surface area contributed by atoms with Crippen LogP contribution in [0.25, 0.3) is 0 Å². The molecular weight excluding hydrogens is 362 g/mol. The Bertz CT molecular complexity index is 704. The zero-order valence-electron chi connectivity index (χ0n) is 15.7. The lowest BCUT2D eigenvalue weighted by Crippen LogP contribution is -2.36. The van der Waals surface area contributed by atoms with E-state index in [1.54, 1.807) is 24.3 Å². The fourth-order valence-corrected chi connectivity index (χ4v) is 3.27. The molecule has 8 heteroatoms. The maximum atomic E-state index is 12.0. The summed E-state index contributed by atoms with van der Waals surface area (Å²) < 4.78 is 10.7. The molecule has 2 aliphatic rings. The van der Waals surface area contributed by atoms with Crippen LogP contribution in [0.4, 0.5) is 11.4 Å². The molecule has 0 aliphatic carbocycles. The van der Waals surface area contributed by atoms with E-state index in [0.717, 1.165) is 64.0 Å². The Balaban J connectivity index is 1.30. The maximum absolute atomic E-state index is 12.0. The Labute approximate surface area is 163 Å². The highest BCUT2D eigenvalue weighted by atomic mass is 17.0. The molecule has 0 N–H and O–H groups in total. The number of rotatable bonds is 6. The molecule has 0 radical (unpaired) electrons. The SMILES string of the molecule is O=[N+](Oc1ccc(N2CCOCC2)cc1)Oc1ccc(N2CCOCC2)cc1. The van der Waals surface area contributed by atoms with Gasteiger partial charge in [0, 0.05) is 37.6 Å². The van der Waals surface area contributed by atoms with Crippen LogP contribution in [0, 0.1) is 4.91 Å². The average molecular weight is 386 g/mol. The summed E-state index contributed by atoms with van der Waals surface area (Å²) in [5.74, 6) is 0.828. The Morgan fingerprint density at radius 2 is 1.00 bits per heavy atom. The molecular formula is C20H24N3O5+. The van der Waals surface area contributed by atoms with Crippen molar-refractivity contribution in [1.29, 1.82) is 0 Å². The number of benzene rings is 2. The third kappa shape index (κ3) is 4.71. The van der Waals surface area contributed by atoms with Crippen LogP contribution in [0.1, 0.15) is 0 Å². The molecule has 2 aliphatic heterocycles. The first-order valence-corrected chi connectivity index (χ1v) is 9.47. The van der Waals surface area contributed by atoms with E-state index in [1.807, 2.05) is 24.3 Å². The van der Waals surface area contributed by atoms with E-state index in [4.69, 9.17) is 19.1 Å².